The smallest absolute Gasteiger partial charge is 0.322 e. The van der Waals surface area contributed by atoms with E-state index in [9.17, 15) is 14.4 Å². The molecule has 1 aromatic heterocycles. The van der Waals surface area contributed by atoms with Crippen LogP contribution in [-0.2, 0) is 17.9 Å². The largest absolute Gasteiger partial charge is 0.368 e. The molecule has 1 unspecified atom stereocenters. The van der Waals surface area contributed by atoms with Crippen LogP contribution in [-0.4, -0.2) is 21.4 Å². The van der Waals surface area contributed by atoms with E-state index < -0.39 is 5.91 Å². The van der Waals surface area contributed by atoms with Crippen molar-refractivity contribution in [3.05, 3.63) is 64.1 Å². The monoisotopic (exact) mass is 340 g/mol. The Hall–Kier alpha value is -3.09. The zero-order valence-electron chi connectivity index (χ0n) is 13.9. The van der Waals surface area contributed by atoms with Crippen LogP contribution < -0.4 is 16.6 Å². The lowest BCUT2D eigenvalue weighted by Crippen LogP contribution is -2.34. The molecule has 2 aromatic rings. The van der Waals surface area contributed by atoms with Gasteiger partial charge in [0, 0.05) is 18.8 Å². The Balaban J connectivity index is 1.79. The molecule has 3 amide bonds. The van der Waals surface area contributed by atoms with E-state index >= 15 is 0 Å². The average molecular weight is 340 g/mol. The highest BCUT2D eigenvalue weighted by atomic mass is 16.2. The van der Waals surface area contributed by atoms with E-state index in [1.807, 2.05) is 31.2 Å². The lowest BCUT2D eigenvalue weighted by atomic mass is 10.0. The summed E-state index contributed by atoms with van der Waals surface area (Å²) >= 11 is 0. The molecule has 1 aliphatic heterocycles. The van der Waals surface area contributed by atoms with E-state index in [1.54, 1.807) is 4.90 Å². The number of amides is 3. The Morgan fingerprint density at radius 1 is 1.24 bits per heavy atom. The Bertz CT molecular complexity index is 875. The van der Waals surface area contributed by atoms with E-state index in [0.717, 1.165) is 12.0 Å². The molecule has 3 rings (SSSR count). The van der Waals surface area contributed by atoms with Gasteiger partial charge in [0.1, 0.15) is 6.54 Å². The summed E-state index contributed by atoms with van der Waals surface area (Å²) in [5.41, 5.74) is 7.53. The van der Waals surface area contributed by atoms with Crippen molar-refractivity contribution in [2.24, 2.45) is 5.73 Å². The molecule has 0 fully saturated rings. The second-order valence-electron chi connectivity index (χ2n) is 6.03. The normalized spacial score (nSPS) is 15.7. The minimum atomic E-state index is -0.619. The molecule has 0 aliphatic carbocycles. The molecule has 25 heavy (non-hydrogen) atoms. The molecule has 1 atom stereocenters. The van der Waals surface area contributed by atoms with Gasteiger partial charge in [-0.25, -0.2) is 4.79 Å². The van der Waals surface area contributed by atoms with Crippen LogP contribution in [0.2, 0.25) is 0 Å². The lowest BCUT2D eigenvalue weighted by molar-refractivity contribution is -0.118. The topological polar surface area (TPSA) is 97.4 Å². The third-order valence-corrected chi connectivity index (χ3v) is 4.34. The van der Waals surface area contributed by atoms with Crippen LogP contribution in [0.1, 0.15) is 30.5 Å². The minimum Gasteiger partial charge on any atom is -0.368 e. The molecule has 0 spiro atoms. The molecule has 0 radical (unpaired) electrons. The van der Waals surface area contributed by atoms with Crippen molar-refractivity contribution < 1.29 is 9.59 Å². The lowest BCUT2D eigenvalue weighted by Gasteiger charge is -2.24. The van der Waals surface area contributed by atoms with Crippen molar-refractivity contribution in [2.45, 2.75) is 32.5 Å². The number of hydrogen-bond donors (Lipinski definition) is 2. The number of primary amides is 1. The fourth-order valence-electron chi connectivity index (χ4n) is 3.21. The molecule has 1 aliphatic rings. The first-order chi connectivity index (χ1) is 12.0. The highest BCUT2D eigenvalue weighted by molar-refractivity contribution is 5.90. The molecular weight excluding hydrogens is 320 g/mol. The van der Waals surface area contributed by atoms with Gasteiger partial charge in [-0.2, -0.15) is 0 Å². The van der Waals surface area contributed by atoms with Crippen molar-refractivity contribution >= 4 is 17.6 Å². The number of rotatable bonds is 4. The number of nitrogens with two attached hydrogens (primary N) is 1. The van der Waals surface area contributed by atoms with Gasteiger partial charge in [0.05, 0.1) is 11.7 Å². The van der Waals surface area contributed by atoms with Gasteiger partial charge in [0.2, 0.25) is 5.91 Å². The molecule has 130 valence electrons. The summed E-state index contributed by atoms with van der Waals surface area (Å²) in [5.74, 6) is -0.619. The zero-order chi connectivity index (χ0) is 18.0. The number of benzene rings is 1. The van der Waals surface area contributed by atoms with Gasteiger partial charge in [-0.3, -0.25) is 9.59 Å². The zero-order valence-corrected chi connectivity index (χ0v) is 13.9. The molecule has 7 nitrogen and oxygen atoms in total. The molecule has 3 N–H and O–H groups in total. The summed E-state index contributed by atoms with van der Waals surface area (Å²) in [4.78, 5) is 37.2. The van der Waals surface area contributed by atoms with E-state index in [2.05, 4.69) is 5.32 Å². The van der Waals surface area contributed by atoms with Crippen LogP contribution in [0.3, 0.4) is 0 Å². The van der Waals surface area contributed by atoms with Crippen LogP contribution in [0.4, 0.5) is 10.5 Å². The highest BCUT2D eigenvalue weighted by Crippen LogP contribution is 2.35. The maximum atomic E-state index is 12.7. The fraction of sp³-hybridized carbons (Fsp3) is 0.278. The number of carbonyl (C=O) groups excluding carboxylic acids is 2. The van der Waals surface area contributed by atoms with Gasteiger partial charge in [0.15, 0.2) is 0 Å². The van der Waals surface area contributed by atoms with E-state index in [4.69, 9.17) is 5.73 Å². The van der Waals surface area contributed by atoms with Gasteiger partial charge in [-0.1, -0.05) is 31.2 Å². The first-order valence-corrected chi connectivity index (χ1v) is 8.13. The van der Waals surface area contributed by atoms with Gasteiger partial charge >= 0.3 is 6.03 Å². The fourth-order valence-corrected chi connectivity index (χ4v) is 3.21. The number of nitrogens with one attached hydrogen (secondary N) is 1. The van der Waals surface area contributed by atoms with Crippen molar-refractivity contribution in [3.63, 3.8) is 0 Å². The molecule has 1 aromatic carbocycles. The number of nitrogens with zero attached hydrogens (tertiary/aromatic N) is 2. The first-order valence-electron chi connectivity index (χ1n) is 8.13. The molecule has 2 heterocycles. The maximum Gasteiger partial charge on any atom is 0.322 e. The summed E-state index contributed by atoms with van der Waals surface area (Å²) < 4.78 is 1.17. The van der Waals surface area contributed by atoms with Gasteiger partial charge in [-0.05, 0) is 23.6 Å². The molecule has 0 saturated heterocycles. The van der Waals surface area contributed by atoms with Crippen molar-refractivity contribution in [1.29, 1.82) is 0 Å². The number of urea groups is 1. The molecule has 0 bridgehead atoms. The number of aromatic nitrogens is 1. The van der Waals surface area contributed by atoms with Crippen molar-refractivity contribution in [1.82, 2.24) is 9.47 Å². The van der Waals surface area contributed by atoms with Crippen LogP contribution >= 0.6 is 0 Å². The molecule has 7 heteroatoms. The van der Waals surface area contributed by atoms with Gasteiger partial charge < -0.3 is 20.5 Å². The molecule has 0 saturated carbocycles. The SMILES string of the molecule is CCC1c2ccccc2CN1C(=O)Nc1ccc(=O)n(CC(N)=O)c1. The number of hydrogen-bond acceptors (Lipinski definition) is 3. The Morgan fingerprint density at radius 2 is 2.00 bits per heavy atom. The Labute approximate surface area is 145 Å². The predicted octanol–water partition coefficient (Wildman–Crippen LogP) is 1.83. The average Bonchev–Trinajstić information content (AvgIpc) is 2.96. The summed E-state index contributed by atoms with van der Waals surface area (Å²) in [7, 11) is 0. The van der Waals surface area contributed by atoms with E-state index in [-0.39, 0.29) is 24.2 Å². The van der Waals surface area contributed by atoms with Gasteiger partial charge in [-0.15, -0.1) is 0 Å². The number of carbonyl (C=O) groups is 2. The standard InChI is InChI=1S/C18H20N4O3/c1-2-15-14-6-4-3-5-12(14)9-22(15)18(25)20-13-7-8-17(24)21(10-13)11-16(19)23/h3-8,10,15H,2,9,11H2,1H3,(H2,19,23)(H,20,25). The highest BCUT2D eigenvalue weighted by Gasteiger charge is 2.32. The van der Waals surface area contributed by atoms with Crippen LogP contribution in [0, 0.1) is 0 Å². The minimum absolute atomic E-state index is 0.0210. The van der Waals surface area contributed by atoms with Crippen LogP contribution in [0.25, 0.3) is 0 Å². The summed E-state index contributed by atoms with van der Waals surface area (Å²) in [6, 6.07) is 10.6. The quantitative estimate of drug-likeness (QED) is 0.888. The van der Waals surface area contributed by atoms with Crippen LogP contribution in [0.5, 0.6) is 0 Å². The third kappa shape index (κ3) is 3.40. The third-order valence-electron chi connectivity index (χ3n) is 4.34. The summed E-state index contributed by atoms with van der Waals surface area (Å²) in [5, 5.41) is 2.80. The van der Waals surface area contributed by atoms with Gasteiger partial charge in [0.25, 0.3) is 5.56 Å². The van der Waals surface area contributed by atoms with E-state index in [1.165, 1.54) is 28.5 Å². The predicted molar refractivity (Wildman–Crippen MR) is 93.9 cm³/mol. The number of anilines is 1. The van der Waals surface area contributed by atoms with Crippen LogP contribution in [0.15, 0.2) is 47.4 Å². The van der Waals surface area contributed by atoms with Crippen molar-refractivity contribution in [3.8, 4) is 0 Å². The first kappa shape index (κ1) is 16.8. The summed E-state index contributed by atoms with van der Waals surface area (Å²) in [6.45, 7) is 2.36. The summed E-state index contributed by atoms with van der Waals surface area (Å²) in [6.07, 6.45) is 2.24. The van der Waals surface area contributed by atoms with Crippen molar-refractivity contribution in [2.75, 3.05) is 5.32 Å². The number of fused-ring (bicyclic) bond motifs is 1. The second-order valence-corrected chi connectivity index (χ2v) is 6.03. The maximum absolute atomic E-state index is 12.7. The molecular formula is C18H20N4O3. The Kier molecular flexibility index (Phi) is 4.56. The number of pyridine rings is 1. The van der Waals surface area contributed by atoms with E-state index in [0.29, 0.717) is 12.2 Å². The Morgan fingerprint density at radius 3 is 2.72 bits per heavy atom. The second kappa shape index (κ2) is 6.80.